The van der Waals surface area contributed by atoms with Crippen LogP contribution < -0.4 is 4.74 Å². The van der Waals surface area contributed by atoms with Crippen LogP contribution in [0, 0.1) is 11.2 Å². The van der Waals surface area contributed by atoms with Crippen LogP contribution >= 0.6 is 0 Å². The molecule has 114 valence electrons. The summed E-state index contributed by atoms with van der Waals surface area (Å²) in [6, 6.07) is 4.16. The van der Waals surface area contributed by atoms with E-state index in [4.69, 9.17) is 4.74 Å². The van der Waals surface area contributed by atoms with Gasteiger partial charge < -0.3 is 14.7 Å². The molecule has 1 amide bonds. The molecule has 0 saturated carbocycles. The zero-order chi connectivity index (χ0) is 15.6. The van der Waals surface area contributed by atoms with Crippen molar-refractivity contribution in [3.05, 3.63) is 29.6 Å². The van der Waals surface area contributed by atoms with Gasteiger partial charge in [-0.3, -0.25) is 9.59 Å². The van der Waals surface area contributed by atoms with Gasteiger partial charge in [0.25, 0.3) is 5.91 Å². The number of carbonyl (C=O) groups is 2. The molecule has 1 aromatic rings. The minimum atomic E-state index is -0.994. The van der Waals surface area contributed by atoms with E-state index in [9.17, 15) is 19.1 Å². The standard InChI is InChI=1S/C15H18FNO4/c1-15(14(19)20)7-4-8-17(9-15)13(18)12-10(16)5-3-6-11(12)21-2/h3,5-6H,4,7-9H2,1-2H3,(H,19,20). The second-order valence-electron chi connectivity index (χ2n) is 5.51. The van der Waals surface area contributed by atoms with Crippen molar-refractivity contribution in [2.45, 2.75) is 19.8 Å². The molecule has 1 N–H and O–H groups in total. The average Bonchev–Trinajstić information content (AvgIpc) is 2.46. The van der Waals surface area contributed by atoms with Crippen molar-refractivity contribution in [3.63, 3.8) is 0 Å². The number of rotatable bonds is 3. The lowest BCUT2D eigenvalue weighted by atomic mass is 9.82. The Bertz CT molecular complexity index is 575. The summed E-state index contributed by atoms with van der Waals surface area (Å²) in [7, 11) is 1.36. The number of likely N-dealkylation sites (tertiary alicyclic amines) is 1. The molecule has 1 unspecified atom stereocenters. The largest absolute Gasteiger partial charge is 0.496 e. The molecule has 6 heteroatoms. The molecule has 0 spiro atoms. The number of hydrogen-bond donors (Lipinski definition) is 1. The minimum Gasteiger partial charge on any atom is -0.496 e. The highest BCUT2D eigenvalue weighted by Gasteiger charge is 2.40. The summed E-state index contributed by atoms with van der Waals surface area (Å²) in [5, 5.41) is 9.29. The van der Waals surface area contributed by atoms with Crippen molar-refractivity contribution in [1.82, 2.24) is 4.90 Å². The molecule has 2 rings (SSSR count). The molecule has 1 aliphatic heterocycles. The third-order valence-electron chi connectivity index (χ3n) is 3.91. The highest BCUT2D eigenvalue weighted by molar-refractivity contribution is 5.97. The maximum Gasteiger partial charge on any atom is 0.311 e. The lowest BCUT2D eigenvalue weighted by Gasteiger charge is -2.37. The summed E-state index contributed by atoms with van der Waals surface area (Å²) < 4.78 is 19.0. The maximum absolute atomic E-state index is 13.9. The Kier molecular flexibility index (Phi) is 4.16. The third kappa shape index (κ3) is 2.84. The lowest BCUT2D eigenvalue weighted by Crippen LogP contribution is -2.48. The van der Waals surface area contributed by atoms with Crippen LogP contribution in [0.1, 0.15) is 30.1 Å². The van der Waals surface area contributed by atoms with Crippen LogP contribution in [0.5, 0.6) is 5.75 Å². The van der Waals surface area contributed by atoms with Gasteiger partial charge in [-0.05, 0) is 31.9 Å². The van der Waals surface area contributed by atoms with Crippen LogP contribution in [0.2, 0.25) is 0 Å². The predicted octanol–water partition coefficient (Wildman–Crippen LogP) is 2.16. The Hall–Kier alpha value is -2.11. The van der Waals surface area contributed by atoms with E-state index in [0.29, 0.717) is 19.4 Å². The van der Waals surface area contributed by atoms with E-state index >= 15 is 0 Å². The summed E-state index contributed by atoms with van der Waals surface area (Å²) in [6.07, 6.45) is 1.08. The number of ether oxygens (including phenoxy) is 1. The molecular weight excluding hydrogens is 277 g/mol. The fourth-order valence-corrected chi connectivity index (χ4v) is 2.63. The van der Waals surface area contributed by atoms with Crippen LogP contribution in [-0.2, 0) is 4.79 Å². The molecule has 1 atom stereocenters. The first kappa shape index (κ1) is 15.3. The second-order valence-corrected chi connectivity index (χ2v) is 5.51. The molecule has 5 nitrogen and oxygen atoms in total. The molecule has 1 saturated heterocycles. The van der Waals surface area contributed by atoms with E-state index in [1.54, 1.807) is 6.92 Å². The van der Waals surface area contributed by atoms with Gasteiger partial charge in [-0.2, -0.15) is 0 Å². The molecule has 0 aromatic heterocycles. The number of halogens is 1. The first-order chi connectivity index (χ1) is 9.89. The summed E-state index contributed by atoms with van der Waals surface area (Å²) in [4.78, 5) is 25.2. The van der Waals surface area contributed by atoms with Crippen molar-refractivity contribution in [3.8, 4) is 5.75 Å². The van der Waals surface area contributed by atoms with Gasteiger partial charge in [-0.1, -0.05) is 6.07 Å². The Labute approximate surface area is 122 Å². The van der Waals surface area contributed by atoms with Gasteiger partial charge in [-0.15, -0.1) is 0 Å². The fraction of sp³-hybridized carbons (Fsp3) is 0.467. The van der Waals surface area contributed by atoms with E-state index in [-0.39, 0.29) is 17.9 Å². The quantitative estimate of drug-likeness (QED) is 0.928. The van der Waals surface area contributed by atoms with Crippen LogP contribution in [0.25, 0.3) is 0 Å². The number of methoxy groups -OCH3 is 1. The molecule has 0 radical (unpaired) electrons. The zero-order valence-electron chi connectivity index (χ0n) is 12.1. The Morgan fingerprint density at radius 2 is 2.14 bits per heavy atom. The smallest absolute Gasteiger partial charge is 0.311 e. The summed E-state index contributed by atoms with van der Waals surface area (Å²) in [5.74, 6) is -1.98. The van der Waals surface area contributed by atoms with E-state index in [2.05, 4.69) is 0 Å². The van der Waals surface area contributed by atoms with Crippen LogP contribution in [0.15, 0.2) is 18.2 Å². The molecule has 0 bridgehead atoms. The Morgan fingerprint density at radius 1 is 1.43 bits per heavy atom. The normalized spacial score (nSPS) is 22.0. The number of hydrogen-bond acceptors (Lipinski definition) is 3. The second kappa shape index (κ2) is 5.71. The van der Waals surface area contributed by atoms with Gasteiger partial charge in [0.15, 0.2) is 0 Å². The maximum atomic E-state index is 13.9. The van der Waals surface area contributed by atoms with E-state index in [1.807, 2.05) is 0 Å². The lowest BCUT2D eigenvalue weighted by molar-refractivity contribution is -0.150. The van der Waals surface area contributed by atoms with Crippen molar-refractivity contribution in [1.29, 1.82) is 0 Å². The number of aliphatic carboxylic acids is 1. The monoisotopic (exact) mass is 295 g/mol. The summed E-state index contributed by atoms with van der Waals surface area (Å²) in [5.41, 5.74) is -1.14. The van der Waals surface area contributed by atoms with Gasteiger partial charge in [0.1, 0.15) is 17.1 Å². The summed E-state index contributed by atoms with van der Waals surface area (Å²) in [6.45, 7) is 2.09. The third-order valence-corrected chi connectivity index (χ3v) is 3.91. The number of benzene rings is 1. The van der Waals surface area contributed by atoms with Gasteiger partial charge in [0.2, 0.25) is 0 Å². The van der Waals surface area contributed by atoms with E-state index < -0.39 is 23.1 Å². The first-order valence-corrected chi connectivity index (χ1v) is 6.74. The number of carbonyl (C=O) groups excluding carboxylic acids is 1. The molecule has 21 heavy (non-hydrogen) atoms. The number of nitrogens with zero attached hydrogens (tertiary/aromatic N) is 1. The van der Waals surface area contributed by atoms with Gasteiger partial charge in [0.05, 0.1) is 12.5 Å². The zero-order valence-corrected chi connectivity index (χ0v) is 12.1. The van der Waals surface area contributed by atoms with Crippen molar-refractivity contribution in [2.24, 2.45) is 5.41 Å². The summed E-state index contributed by atoms with van der Waals surface area (Å²) >= 11 is 0. The minimum absolute atomic E-state index is 0.0681. The highest BCUT2D eigenvalue weighted by Crippen LogP contribution is 2.32. The fourth-order valence-electron chi connectivity index (χ4n) is 2.63. The van der Waals surface area contributed by atoms with E-state index in [0.717, 1.165) is 0 Å². The average molecular weight is 295 g/mol. The molecule has 1 aliphatic rings. The van der Waals surface area contributed by atoms with Gasteiger partial charge in [0, 0.05) is 13.1 Å². The topological polar surface area (TPSA) is 66.8 Å². The van der Waals surface area contributed by atoms with Crippen molar-refractivity contribution in [2.75, 3.05) is 20.2 Å². The SMILES string of the molecule is COc1cccc(F)c1C(=O)N1CCCC(C)(C(=O)O)C1. The molecular formula is C15H18FNO4. The number of carboxylic acid groups (broad SMARTS) is 1. The van der Waals surface area contributed by atoms with Crippen molar-refractivity contribution >= 4 is 11.9 Å². The molecule has 1 aromatic carbocycles. The van der Waals surface area contributed by atoms with Crippen molar-refractivity contribution < 1.29 is 23.8 Å². The predicted molar refractivity (Wildman–Crippen MR) is 73.8 cm³/mol. The number of amides is 1. The van der Waals surface area contributed by atoms with Crippen LogP contribution in [0.3, 0.4) is 0 Å². The molecule has 1 fully saturated rings. The van der Waals surface area contributed by atoms with Crippen LogP contribution in [0.4, 0.5) is 4.39 Å². The molecule has 1 heterocycles. The Balaban J connectivity index is 2.31. The number of piperidine rings is 1. The highest BCUT2D eigenvalue weighted by atomic mass is 19.1. The molecule has 0 aliphatic carbocycles. The first-order valence-electron chi connectivity index (χ1n) is 6.74. The van der Waals surface area contributed by atoms with E-state index in [1.165, 1.54) is 30.2 Å². The Morgan fingerprint density at radius 3 is 2.76 bits per heavy atom. The van der Waals surface area contributed by atoms with Gasteiger partial charge in [-0.25, -0.2) is 4.39 Å². The van der Waals surface area contributed by atoms with Gasteiger partial charge >= 0.3 is 5.97 Å². The number of carboxylic acids is 1. The van der Waals surface area contributed by atoms with Crippen LogP contribution in [-0.4, -0.2) is 42.1 Å².